The number of piperidine rings is 1. The molecule has 1 aliphatic heterocycles. The molecule has 0 aliphatic carbocycles. The van der Waals surface area contributed by atoms with Gasteiger partial charge in [0.15, 0.2) is 11.3 Å². The van der Waals surface area contributed by atoms with Crippen LogP contribution in [0.15, 0.2) is 23.1 Å². The minimum atomic E-state index is -0.431. The highest BCUT2D eigenvalue weighted by Crippen LogP contribution is 2.17. The second-order valence-corrected chi connectivity index (χ2v) is 6.31. The summed E-state index contributed by atoms with van der Waals surface area (Å²) in [6.07, 6.45) is 3.48. The number of nitrogens with zero attached hydrogens (tertiary/aromatic N) is 5. The van der Waals surface area contributed by atoms with Gasteiger partial charge in [-0.05, 0) is 31.4 Å². The fraction of sp³-hybridized carbons (Fsp3) is 0.500. The van der Waals surface area contributed by atoms with Crippen LogP contribution in [0.1, 0.15) is 29.8 Å². The van der Waals surface area contributed by atoms with Gasteiger partial charge in [-0.15, -0.1) is 0 Å². The summed E-state index contributed by atoms with van der Waals surface area (Å²) in [5, 5.41) is 9.00. The van der Waals surface area contributed by atoms with E-state index in [0.29, 0.717) is 56.7 Å². The SMILES string of the molecule is COCCCn1c(=O)c(C(=O)N2CCC(C#N)CC2)nc2cccnc21. The molecule has 0 bridgehead atoms. The molecule has 2 aromatic heterocycles. The van der Waals surface area contributed by atoms with Gasteiger partial charge in [-0.2, -0.15) is 5.26 Å². The van der Waals surface area contributed by atoms with E-state index in [9.17, 15) is 9.59 Å². The first-order chi connectivity index (χ1) is 12.7. The van der Waals surface area contributed by atoms with Crippen molar-refractivity contribution in [1.82, 2.24) is 19.4 Å². The average molecular weight is 355 g/mol. The maximum atomic E-state index is 12.9. The van der Waals surface area contributed by atoms with Crippen molar-refractivity contribution in [2.24, 2.45) is 5.92 Å². The Kier molecular flexibility index (Phi) is 5.58. The quantitative estimate of drug-likeness (QED) is 0.747. The smallest absolute Gasteiger partial charge is 0.283 e. The summed E-state index contributed by atoms with van der Waals surface area (Å²) in [6, 6.07) is 5.71. The molecular formula is C18H21N5O3. The van der Waals surface area contributed by atoms with Gasteiger partial charge in [0.25, 0.3) is 11.5 Å². The third kappa shape index (κ3) is 3.58. The van der Waals surface area contributed by atoms with Gasteiger partial charge >= 0.3 is 0 Å². The number of hydrogen-bond donors (Lipinski definition) is 0. The minimum absolute atomic E-state index is 0.0292. The van der Waals surface area contributed by atoms with E-state index in [1.807, 2.05) is 0 Å². The van der Waals surface area contributed by atoms with Crippen molar-refractivity contribution >= 4 is 17.1 Å². The van der Waals surface area contributed by atoms with Crippen molar-refractivity contribution in [3.05, 3.63) is 34.4 Å². The van der Waals surface area contributed by atoms with E-state index in [0.717, 1.165) is 0 Å². The first-order valence-electron chi connectivity index (χ1n) is 8.69. The lowest BCUT2D eigenvalue weighted by Gasteiger charge is -2.28. The predicted octanol–water partition coefficient (Wildman–Crippen LogP) is 1.20. The van der Waals surface area contributed by atoms with Gasteiger partial charge < -0.3 is 9.64 Å². The number of amides is 1. The van der Waals surface area contributed by atoms with Crippen LogP contribution in [0.5, 0.6) is 0 Å². The number of nitriles is 1. The number of carbonyl (C=O) groups excluding carboxylic acids is 1. The Bertz CT molecular complexity index is 894. The number of carbonyl (C=O) groups is 1. The number of pyridine rings is 1. The van der Waals surface area contributed by atoms with Gasteiger partial charge in [-0.1, -0.05) is 0 Å². The molecule has 1 aliphatic rings. The fourth-order valence-electron chi connectivity index (χ4n) is 3.15. The van der Waals surface area contributed by atoms with Crippen molar-refractivity contribution in [2.75, 3.05) is 26.8 Å². The lowest BCUT2D eigenvalue weighted by molar-refractivity contribution is 0.0699. The van der Waals surface area contributed by atoms with Crippen molar-refractivity contribution in [1.29, 1.82) is 5.26 Å². The summed E-state index contributed by atoms with van der Waals surface area (Å²) in [7, 11) is 1.60. The van der Waals surface area contributed by atoms with Crippen molar-refractivity contribution in [3.8, 4) is 6.07 Å². The Morgan fingerprint density at radius 2 is 2.19 bits per heavy atom. The normalized spacial score (nSPS) is 15.2. The van der Waals surface area contributed by atoms with E-state index in [1.54, 1.807) is 30.3 Å². The zero-order valence-electron chi connectivity index (χ0n) is 14.7. The van der Waals surface area contributed by atoms with Crippen LogP contribution >= 0.6 is 0 Å². The Morgan fingerprint density at radius 3 is 2.88 bits per heavy atom. The molecule has 2 aromatic rings. The van der Waals surface area contributed by atoms with Crippen LogP contribution in [0, 0.1) is 17.2 Å². The van der Waals surface area contributed by atoms with Crippen LogP contribution in [0.3, 0.4) is 0 Å². The second kappa shape index (κ2) is 8.06. The molecule has 1 fully saturated rings. The molecular weight excluding hydrogens is 334 g/mol. The van der Waals surface area contributed by atoms with Gasteiger partial charge in [-0.3, -0.25) is 14.2 Å². The number of ether oxygens (including phenoxy) is 1. The number of likely N-dealkylation sites (tertiary alicyclic amines) is 1. The summed E-state index contributed by atoms with van der Waals surface area (Å²) in [5.74, 6) is -0.406. The van der Waals surface area contributed by atoms with Gasteiger partial charge in [0, 0.05) is 45.5 Å². The van der Waals surface area contributed by atoms with Gasteiger partial charge in [0.2, 0.25) is 0 Å². The van der Waals surface area contributed by atoms with Gasteiger partial charge in [-0.25, -0.2) is 9.97 Å². The molecule has 1 saturated heterocycles. The first-order valence-corrected chi connectivity index (χ1v) is 8.69. The Labute approximate surface area is 151 Å². The molecule has 3 rings (SSSR count). The van der Waals surface area contributed by atoms with Crippen LogP contribution in [-0.2, 0) is 11.3 Å². The maximum Gasteiger partial charge on any atom is 0.283 e. The van der Waals surface area contributed by atoms with Crippen molar-refractivity contribution in [2.45, 2.75) is 25.8 Å². The van der Waals surface area contributed by atoms with Crippen LogP contribution in [-0.4, -0.2) is 52.1 Å². The largest absolute Gasteiger partial charge is 0.385 e. The summed E-state index contributed by atoms with van der Waals surface area (Å²) in [5.41, 5.74) is 0.464. The summed E-state index contributed by atoms with van der Waals surface area (Å²) in [6.45, 7) is 1.84. The molecule has 1 amide bonds. The van der Waals surface area contributed by atoms with Crippen LogP contribution in [0.25, 0.3) is 11.2 Å². The fourth-order valence-corrected chi connectivity index (χ4v) is 3.15. The summed E-state index contributed by atoms with van der Waals surface area (Å²) < 4.78 is 6.55. The van der Waals surface area contributed by atoms with Gasteiger partial charge in [0.1, 0.15) is 5.52 Å². The molecule has 0 saturated carbocycles. The standard InChI is InChI=1S/C18H21N5O3/c1-26-11-3-8-23-16-14(4-2-7-20-16)21-15(18(23)25)17(24)22-9-5-13(12-19)6-10-22/h2,4,7,13H,3,5-6,8-11H2,1H3. The average Bonchev–Trinajstić information content (AvgIpc) is 2.69. The van der Waals surface area contributed by atoms with Crippen LogP contribution in [0.2, 0.25) is 0 Å². The topological polar surface area (TPSA) is 101 Å². The highest BCUT2D eigenvalue weighted by atomic mass is 16.5. The van der Waals surface area contributed by atoms with E-state index in [4.69, 9.17) is 10.00 Å². The highest BCUT2D eigenvalue weighted by Gasteiger charge is 2.27. The molecule has 8 nitrogen and oxygen atoms in total. The second-order valence-electron chi connectivity index (χ2n) is 6.31. The number of rotatable bonds is 5. The van der Waals surface area contributed by atoms with Crippen LogP contribution < -0.4 is 5.56 Å². The molecule has 8 heteroatoms. The van der Waals surface area contributed by atoms with E-state index < -0.39 is 5.56 Å². The molecule has 0 radical (unpaired) electrons. The molecule has 0 spiro atoms. The Hall–Kier alpha value is -2.79. The van der Waals surface area contributed by atoms with Gasteiger partial charge in [0.05, 0.1) is 6.07 Å². The van der Waals surface area contributed by atoms with E-state index in [-0.39, 0.29) is 17.5 Å². The lowest BCUT2D eigenvalue weighted by atomic mass is 9.98. The molecule has 136 valence electrons. The third-order valence-corrected chi connectivity index (χ3v) is 4.60. The lowest BCUT2D eigenvalue weighted by Crippen LogP contribution is -2.42. The highest BCUT2D eigenvalue weighted by molar-refractivity contribution is 5.93. The Balaban J connectivity index is 1.95. The number of aromatic nitrogens is 3. The monoisotopic (exact) mass is 355 g/mol. The molecule has 3 heterocycles. The first kappa shape index (κ1) is 18.0. The maximum absolute atomic E-state index is 12.9. The number of aryl methyl sites for hydroxylation is 1. The third-order valence-electron chi connectivity index (χ3n) is 4.60. The number of hydrogen-bond acceptors (Lipinski definition) is 6. The van der Waals surface area contributed by atoms with Crippen molar-refractivity contribution in [3.63, 3.8) is 0 Å². The molecule has 0 unspecified atom stereocenters. The molecule has 0 N–H and O–H groups in total. The van der Waals surface area contributed by atoms with E-state index >= 15 is 0 Å². The molecule has 0 aromatic carbocycles. The summed E-state index contributed by atoms with van der Waals surface area (Å²) in [4.78, 5) is 35.9. The van der Waals surface area contributed by atoms with Crippen molar-refractivity contribution < 1.29 is 9.53 Å². The Morgan fingerprint density at radius 1 is 1.42 bits per heavy atom. The summed E-state index contributed by atoms with van der Waals surface area (Å²) >= 11 is 0. The molecule has 0 atom stereocenters. The number of methoxy groups -OCH3 is 1. The zero-order valence-corrected chi connectivity index (χ0v) is 14.7. The van der Waals surface area contributed by atoms with Crippen LogP contribution in [0.4, 0.5) is 0 Å². The number of fused-ring (bicyclic) bond motifs is 1. The van der Waals surface area contributed by atoms with E-state index in [2.05, 4.69) is 16.0 Å². The predicted molar refractivity (Wildman–Crippen MR) is 94.5 cm³/mol. The zero-order chi connectivity index (χ0) is 18.5. The minimum Gasteiger partial charge on any atom is -0.385 e. The van der Waals surface area contributed by atoms with E-state index in [1.165, 1.54) is 4.57 Å². The molecule has 26 heavy (non-hydrogen) atoms.